The van der Waals surface area contributed by atoms with Crippen LogP contribution in [0.2, 0.25) is 0 Å². The summed E-state index contributed by atoms with van der Waals surface area (Å²) in [5, 5.41) is 0. The summed E-state index contributed by atoms with van der Waals surface area (Å²) in [4.78, 5) is 11.7. The van der Waals surface area contributed by atoms with Crippen LogP contribution in [0.5, 0.6) is 0 Å². The van der Waals surface area contributed by atoms with Gasteiger partial charge in [0.2, 0.25) is 0 Å². The van der Waals surface area contributed by atoms with Gasteiger partial charge in [0.15, 0.2) is 0 Å². The SMILES string of the molecule is O=C1O/C(=C\c2ccc(F)c(Br)c2)c2ccccc21. The van der Waals surface area contributed by atoms with Crippen molar-refractivity contribution in [1.29, 1.82) is 0 Å². The molecule has 1 aliphatic rings. The van der Waals surface area contributed by atoms with Crippen molar-refractivity contribution < 1.29 is 13.9 Å². The van der Waals surface area contributed by atoms with Crippen LogP contribution in [0.25, 0.3) is 11.8 Å². The fourth-order valence-electron chi connectivity index (χ4n) is 1.95. The van der Waals surface area contributed by atoms with Crippen LogP contribution in [0.3, 0.4) is 0 Å². The van der Waals surface area contributed by atoms with Gasteiger partial charge in [0.25, 0.3) is 0 Å². The number of hydrogen-bond acceptors (Lipinski definition) is 2. The predicted octanol–water partition coefficient (Wildman–Crippen LogP) is 4.26. The normalized spacial score (nSPS) is 15.5. The molecule has 0 unspecified atom stereocenters. The van der Waals surface area contributed by atoms with E-state index in [-0.39, 0.29) is 11.8 Å². The number of rotatable bonds is 1. The standard InChI is InChI=1S/C15H8BrFO2/c16-12-7-9(5-6-13(12)17)8-14-10-3-1-2-4-11(10)15(18)19-14/h1-8H/b14-8-. The van der Waals surface area contributed by atoms with Gasteiger partial charge in [-0.3, -0.25) is 0 Å². The highest BCUT2D eigenvalue weighted by Gasteiger charge is 2.25. The van der Waals surface area contributed by atoms with Crippen LogP contribution in [0, 0.1) is 5.82 Å². The van der Waals surface area contributed by atoms with Gasteiger partial charge in [0.1, 0.15) is 11.6 Å². The predicted molar refractivity (Wildman–Crippen MR) is 73.8 cm³/mol. The van der Waals surface area contributed by atoms with Gasteiger partial charge in [-0.15, -0.1) is 0 Å². The van der Waals surface area contributed by atoms with Gasteiger partial charge < -0.3 is 4.74 Å². The van der Waals surface area contributed by atoms with E-state index in [1.165, 1.54) is 6.07 Å². The highest BCUT2D eigenvalue weighted by atomic mass is 79.9. The second-order valence-electron chi connectivity index (χ2n) is 4.12. The van der Waals surface area contributed by atoms with Crippen LogP contribution in [-0.4, -0.2) is 5.97 Å². The van der Waals surface area contributed by atoms with Crippen LogP contribution in [-0.2, 0) is 4.74 Å². The molecule has 0 aromatic heterocycles. The highest BCUT2D eigenvalue weighted by Crippen LogP contribution is 2.31. The van der Waals surface area contributed by atoms with E-state index in [4.69, 9.17) is 4.74 Å². The molecule has 1 heterocycles. The summed E-state index contributed by atoms with van der Waals surface area (Å²) in [6.45, 7) is 0. The molecular weight excluding hydrogens is 311 g/mol. The lowest BCUT2D eigenvalue weighted by atomic mass is 10.1. The first kappa shape index (κ1) is 12.1. The molecule has 2 aromatic carbocycles. The van der Waals surface area contributed by atoms with Crippen molar-refractivity contribution in [2.45, 2.75) is 0 Å². The van der Waals surface area contributed by atoms with E-state index in [9.17, 15) is 9.18 Å². The molecule has 4 heteroatoms. The van der Waals surface area contributed by atoms with E-state index < -0.39 is 0 Å². The van der Waals surface area contributed by atoms with Crippen molar-refractivity contribution in [3.63, 3.8) is 0 Å². The molecule has 94 valence electrons. The highest BCUT2D eigenvalue weighted by molar-refractivity contribution is 9.10. The van der Waals surface area contributed by atoms with E-state index in [1.807, 2.05) is 12.1 Å². The van der Waals surface area contributed by atoms with E-state index in [1.54, 1.807) is 30.3 Å². The summed E-state index contributed by atoms with van der Waals surface area (Å²) in [5.74, 6) is -0.201. The number of carbonyl (C=O) groups excluding carboxylic acids is 1. The third-order valence-electron chi connectivity index (χ3n) is 2.86. The molecule has 0 saturated carbocycles. The maximum Gasteiger partial charge on any atom is 0.344 e. The van der Waals surface area contributed by atoms with E-state index in [2.05, 4.69) is 15.9 Å². The Hall–Kier alpha value is -1.94. The van der Waals surface area contributed by atoms with E-state index in [0.717, 1.165) is 11.1 Å². The summed E-state index contributed by atoms with van der Waals surface area (Å²) in [5.41, 5.74) is 2.07. The first-order valence-electron chi connectivity index (χ1n) is 5.63. The third kappa shape index (κ3) is 2.19. The van der Waals surface area contributed by atoms with Gasteiger partial charge in [-0.05, 0) is 45.8 Å². The molecule has 2 aromatic rings. The molecule has 0 N–H and O–H groups in total. The average molecular weight is 319 g/mol. The average Bonchev–Trinajstić information content (AvgIpc) is 2.72. The molecule has 0 atom stereocenters. The number of ether oxygens (including phenoxy) is 1. The van der Waals surface area contributed by atoms with Crippen molar-refractivity contribution in [3.05, 3.63) is 69.4 Å². The minimum atomic E-state index is -0.358. The number of fused-ring (bicyclic) bond motifs is 1. The number of halogens is 2. The largest absolute Gasteiger partial charge is 0.422 e. The number of benzene rings is 2. The maximum absolute atomic E-state index is 13.2. The van der Waals surface area contributed by atoms with Crippen LogP contribution < -0.4 is 0 Å². The second-order valence-corrected chi connectivity index (χ2v) is 4.97. The van der Waals surface area contributed by atoms with Gasteiger partial charge in [0.05, 0.1) is 10.0 Å². The fraction of sp³-hybridized carbons (Fsp3) is 0. The summed E-state index contributed by atoms with van der Waals surface area (Å²) >= 11 is 3.13. The van der Waals surface area contributed by atoms with E-state index in [0.29, 0.717) is 15.8 Å². The molecule has 2 nitrogen and oxygen atoms in total. The fourth-order valence-corrected chi connectivity index (χ4v) is 2.34. The first-order chi connectivity index (χ1) is 9.15. The molecule has 0 bridgehead atoms. The minimum absolute atomic E-state index is 0.328. The first-order valence-corrected chi connectivity index (χ1v) is 6.43. The molecule has 0 spiro atoms. The quantitative estimate of drug-likeness (QED) is 0.734. The van der Waals surface area contributed by atoms with Crippen molar-refractivity contribution in [2.75, 3.05) is 0 Å². The second kappa shape index (κ2) is 4.63. The molecule has 0 aliphatic carbocycles. The Kier molecular flexibility index (Phi) is 2.95. The van der Waals surface area contributed by atoms with Crippen molar-refractivity contribution in [2.24, 2.45) is 0 Å². The number of carbonyl (C=O) groups is 1. The van der Waals surface area contributed by atoms with Gasteiger partial charge in [-0.2, -0.15) is 0 Å². The van der Waals surface area contributed by atoms with Gasteiger partial charge in [-0.25, -0.2) is 9.18 Å². The summed E-state index contributed by atoms with van der Waals surface area (Å²) in [6.07, 6.45) is 1.72. The van der Waals surface area contributed by atoms with Crippen LogP contribution in [0.15, 0.2) is 46.9 Å². The van der Waals surface area contributed by atoms with Gasteiger partial charge in [0, 0.05) is 5.56 Å². The van der Waals surface area contributed by atoms with Crippen molar-refractivity contribution in [1.82, 2.24) is 0 Å². The maximum atomic E-state index is 13.2. The summed E-state index contributed by atoms with van der Waals surface area (Å²) in [6, 6.07) is 11.8. The number of hydrogen-bond donors (Lipinski definition) is 0. The zero-order valence-electron chi connectivity index (χ0n) is 9.69. The zero-order chi connectivity index (χ0) is 13.4. The summed E-state index contributed by atoms with van der Waals surface area (Å²) in [7, 11) is 0. The zero-order valence-corrected chi connectivity index (χ0v) is 11.3. The van der Waals surface area contributed by atoms with Crippen molar-refractivity contribution >= 4 is 33.7 Å². The molecule has 1 aliphatic heterocycles. The van der Waals surface area contributed by atoms with Gasteiger partial charge >= 0.3 is 5.97 Å². The lowest BCUT2D eigenvalue weighted by molar-refractivity contribution is 0.0717. The Morgan fingerprint density at radius 2 is 1.84 bits per heavy atom. The lowest BCUT2D eigenvalue weighted by Crippen LogP contribution is -1.92. The minimum Gasteiger partial charge on any atom is -0.422 e. The smallest absolute Gasteiger partial charge is 0.344 e. The lowest BCUT2D eigenvalue weighted by Gasteiger charge is -2.00. The van der Waals surface area contributed by atoms with Crippen LogP contribution in [0.4, 0.5) is 4.39 Å². The summed E-state index contributed by atoms with van der Waals surface area (Å²) < 4.78 is 18.8. The third-order valence-corrected chi connectivity index (χ3v) is 3.46. The topological polar surface area (TPSA) is 26.3 Å². The van der Waals surface area contributed by atoms with E-state index >= 15 is 0 Å². The molecule has 0 radical (unpaired) electrons. The Morgan fingerprint density at radius 3 is 2.58 bits per heavy atom. The Labute approximate surface area is 117 Å². The molecular formula is C15H8BrFO2. The molecule has 3 rings (SSSR count). The van der Waals surface area contributed by atoms with Crippen molar-refractivity contribution in [3.8, 4) is 0 Å². The molecule has 0 saturated heterocycles. The van der Waals surface area contributed by atoms with Crippen LogP contribution in [0.1, 0.15) is 21.5 Å². The monoisotopic (exact) mass is 318 g/mol. The Bertz CT molecular complexity index is 707. The molecule has 19 heavy (non-hydrogen) atoms. The molecule has 0 amide bonds. The number of cyclic esters (lactones) is 1. The van der Waals surface area contributed by atoms with Crippen LogP contribution >= 0.6 is 15.9 Å². The Balaban J connectivity index is 2.06. The Morgan fingerprint density at radius 1 is 1.11 bits per heavy atom. The molecule has 0 fully saturated rings. The number of esters is 1. The van der Waals surface area contributed by atoms with Gasteiger partial charge in [-0.1, -0.05) is 24.3 Å².